The largest absolute Gasteiger partial charge is 0.481 e. The number of aryl methyl sites for hydroxylation is 1. The molecule has 1 aliphatic rings. The Kier molecular flexibility index (Phi) is 5.11. The molecule has 0 aromatic heterocycles. The van der Waals surface area contributed by atoms with Crippen molar-refractivity contribution in [3.8, 4) is 0 Å². The molecule has 1 aliphatic carbocycles. The average molecular weight is 376 g/mol. The molecule has 0 heterocycles. The SMILES string of the molecule is Cc1cc(Br)c(NC(=O)NC2CCC(C(=O)O)C2)cc1Cl. The zero-order valence-corrected chi connectivity index (χ0v) is 13.8. The number of carbonyl (C=O) groups excluding carboxylic acids is 1. The number of nitrogens with one attached hydrogen (secondary N) is 2. The molecule has 0 spiro atoms. The van der Waals surface area contributed by atoms with Crippen molar-refractivity contribution < 1.29 is 14.7 Å². The first-order chi connectivity index (χ1) is 9.86. The molecule has 3 N–H and O–H groups in total. The normalized spacial score (nSPS) is 21.1. The number of urea groups is 1. The Bertz CT molecular complexity index is 580. The Morgan fingerprint density at radius 1 is 1.38 bits per heavy atom. The average Bonchev–Trinajstić information content (AvgIpc) is 2.84. The van der Waals surface area contributed by atoms with Crippen molar-refractivity contribution in [2.75, 3.05) is 5.32 Å². The number of aliphatic carboxylic acids is 1. The van der Waals surface area contributed by atoms with Crippen LogP contribution in [0.15, 0.2) is 16.6 Å². The van der Waals surface area contributed by atoms with Gasteiger partial charge in [0.2, 0.25) is 0 Å². The predicted octanol–water partition coefficient (Wildman–Crippen LogP) is 3.79. The first-order valence-electron chi connectivity index (χ1n) is 6.62. The molecule has 1 aromatic carbocycles. The molecule has 114 valence electrons. The van der Waals surface area contributed by atoms with Gasteiger partial charge in [-0.25, -0.2) is 4.79 Å². The zero-order chi connectivity index (χ0) is 15.6. The fourth-order valence-electron chi connectivity index (χ4n) is 2.42. The van der Waals surface area contributed by atoms with Gasteiger partial charge in [-0.05, 0) is 59.8 Å². The van der Waals surface area contributed by atoms with Crippen LogP contribution in [0.2, 0.25) is 5.02 Å². The molecule has 0 aliphatic heterocycles. The van der Waals surface area contributed by atoms with Crippen LogP contribution in [0.25, 0.3) is 0 Å². The van der Waals surface area contributed by atoms with Gasteiger partial charge < -0.3 is 15.7 Å². The number of hydrogen-bond acceptors (Lipinski definition) is 2. The van der Waals surface area contributed by atoms with Crippen molar-refractivity contribution in [3.05, 3.63) is 27.2 Å². The van der Waals surface area contributed by atoms with Crippen LogP contribution in [0.4, 0.5) is 10.5 Å². The van der Waals surface area contributed by atoms with E-state index in [9.17, 15) is 9.59 Å². The maximum Gasteiger partial charge on any atom is 0.319 e. The summed E-state index contributed by atoms with van der Waals surface area (Å²) in [5.74, 6) is -1.16. The van der Waals surface area contributed by atoms with Crippen LogP contribution in [0, 0.1) is 12.8 Å². The second kappa shape index (κ2) is 6.66. The molecular formula is C14H16BrClN2O3. The van der Waals surface area contributed by atoms with Gasteiger partial charge >= 0.3 is 12.0 Å². The first kappa shape index (κ1) is 16.1. The molecule has 5 nitrogen and oxygen atoms in total. The van der Waals surface area contributed by atoms with Gasteiger partial charge in [-0.2, -0.15) is 0 Å². The summed E-state index contributed by atoms with van der Waals surface area (Å²) >= 11 is 9.41. The quantitative estimate of drug-likeness (QED) is 0.752. The summed E-state index contributed by atoms with van der Waals surface area (Å²) in [7, 11) is 0. The molecule has 0 radical (unpaired) electrons. The van der Waals surface area contributed by atoms with Crippen molar-refractivity contribution in [1.29, 1.82) is 0 Å². The maximum absolute atomic E-state index is 12.0. The standard InChI is InChI=1S/C14H16BrClN2O3/c1-7-4-10(15)12(6-11(7)16)18-14(21)17-9-3-2-8(5-9)13(19)20/h4,6,8-9H,2-3,5H2,1H3,(H,19,20)(H2,17,18,21). The molecule has 2 rings (SSSR count). The van der Waals surface area contributed by atoms with Crippen LogP contribution in [-0.2, 0) is 4.79 Å². The Labute approximate surface area is 136 Å². The third kappa shape index (κ3) is 4.11. The molecule has 21 heavy (non-hydrogen) atoms. The number of rotatable bonds is 3. The van der Waals surface area contributed by atoms with Crippen molar-refractivity contribution >= 4 is 45.2 Å². The summed E-state index contributed by atoms with van der Waals surface area (Å²) in [6, 6.07) is 3.04. The van der Waals surface area contributed by atoms with Crippen LogP contribution in [0.5, 0.6) is 0 Å². The highest BCUT2D eigenvalue weighted by atomic mass is 79.9. The number of amides is 2. The molecular weight excluding hydrogens is 360 g/mol. The minimum Gasteiger partial charge on any atom is -0.481 e. The summed E-state index contributed by atoms with van der Waals surface area (Å²) < 4.78 is 0.745. The van der Waals surface area contributed by atoms with E-state index in [-0.39, 0.29) is 18.0 Å². The van der Waals surface area contributed by atoms with E-state index in [1.54, 1.807) is 6.07 Å². The monoisotopic (exact) mass is 374 g/mol. The van der Waals surface area contributed by atoms with E-state index >= 15 is 0 Å². The lowest BCUT2D eigenvalue weighted by atomic mass is 10.1. The topological polar surface area (TPSA) is 78.4 Å². The third-order valence-corrected chi connectivity index (χ3v) is 4.68. The van der Waals surface area contributed by atoms with Crippen molar-refractivity contribution in [2.45, 2.75) is 32.2 Å². The van der Waals surface area contributed by atoms with Gasteiger partial charge in [0.1, 0.15) is 0 Å². The summed E-state index contributed by atoms with van der Waals surface area (Å²) in [5.41, 5.74) is 1.49. The van der Waals surface area contributed by atoms with E-state index in [0.717, 1.165) is 10.0 Å². The van der Waals surface area contributed by atoms with Crippen LogP contribution in [0.3, 0.4) is 0 Å². The lowest BCUT2D eigenvalue weighted by Gasteiger charge is -2.15. The van der Waals surface area contributed by atoms with Gasteiger partial charge in [-0.15, -0.1) is 0 Å². The van der Waals surface area contributed by atoms with Gasteiger partial charge in [-0.3, -0.25) is 4.79 Å². The number of carboxylic acids is 1. The molecule has 2 atom stereocenters. The molecule has 2 amide bonds. The van der Waals surface area contributed by atoms with Crippen LogP contribution in [0.1, 0.15) is 24.8 Å². The van der Waals surface area contributed by atoms with Gasteiger partial charge in [0.05, 0.1) is 11.6 Å². The van der Waals surface area contributed by atoms with Gasteiger partial charge in [-0.1, -0.05) is 11.6 Å². The summed E-state index contributed by atoms with van der Waals surface area (Å²) in [6.45, 7) is 1.88. The van der Waals surface area contributed by atoms with E-state index in [1.807, 2.05) is 13.0 Å². The number of hydrogen-bond donors (Lipinski definition) is 3. The minimum atomic E-state index is -0.798. The van der Waals surface area contributed by atoms with Crippen LogP contribution >= 0.6 is 27.5 Å². The highest BCUT2D eigenvalue weighted by molar-refractivity contribution is 9.10. The Balaban J connectivity index is 1.94. The van der Waals surface area contributed by atoms with E-state index in [0.29, 0.717) is 30.0 Å². The fraction of sp³-hybridized carbons (Fsp3) is 0.429. The highest BCUT2D eigenvalue weighted by Gasteiger charge is 2.30. The Morgan fingerprint density at radius 3 is 2.71 bits per heavy atom. The third-order valence-electron chi connectivity index (χ3n) is 3.61. The van der Waals surface area contributed by atoms with Gasteiger partial charge in [0.25, 0.3) is 0 Å². The summed E-state index contributed by atoms with van der Waals surface area (Å²) in [6.07, 6.45) is 1.75. The molecule has 1 aromatic rings. The van der Waals surface area contributed by atoms with Gasteiger partial charge in [0, 0.05) is 15.5 Å². The summed E-state index contributed by atoms with van der Waals surface area (Å²) in [4.78, 5) is 22.8. The number of halogens is 2. The zero-order valence-electron chi connectivity index (χ0n) is 11.5. The number of carboxylic acid groups (broad SMARTS) is 1. The number of anilines is 1. The lowest BCUT2D eigenvalue weighted by Crippen LogP contribution is -2.36. The fourth-order valence-corrected chi connectivity index (χ4v) is 3.14. The highest BCUT2D eigenvalue weighted by Crippen LogP contribution is 2.29. The first-order valence-corrected chi connectivity index (χ1v) is 7.80. The molecule has 2 unspecified atom stereocenters. The predicted molar refractivity (Wildman–Crippen MR) is 84.8 cm³/mol. The van der Waals surface area contributed by atoms with E-state index < -0.39 is 5.97 Å². The van der Waals surface area contributed by atoms with E-state index in [1.165, 1.54) is 0 Å². The minimum absolute atomic E-state index is 0.106. The van der Waals surface area contributed by atoms with Gasteiger partial charge in [0.15, 0.2) is 0 Å². The van der Waals surface area contributed by atoms with E-state index in [2.05, 4.69) is 26.6 Å². The maximum atomic E-state index is 12.0. The molecule has 1 saturated carbocycles. The molecule has 0 bridgehead atoms. The van der Waals surface area contributed by atoms with Crippen molar-refractivity contribution in [1.82, 2.24) is 5.32 Å². The van der Waals surface area contributed by atoms with Crippen LogP contribution < -0.4 is 10.6 Å². The number of carbonyl (C=O) groups is 2. The molecule has 0 saturated heterocycles. The second-order valence-corrected chi connectivity index (χ2v) is 6.49. The van der Waals surface area contributed by atoms with E-state index in [4.69, 9.17) is 16.7 Å². The summed E-state index contributed by atoms with van der Waals surface area (Å²) in [5, 5.41) is 15.0. The lowest BCUT2D eigenvalue weighted by molar-refractivity contribution is -0.141. The molecule has 7 heteroatoms. The number of benzene rings is 1. The Hall–Kier alpha value is -1.27. The Morgan fingerprint density at radius 2 is 2.10 bits per heavy atom. The van der Waals surface area contributed by atoms with Crippen LogP contribution in [-0.4, -0.2) is 23.1 Å². The smallest absolute Gasteiger partial charge is 0.319 e. The van der Waals surface area contributed by atoms with Crippen molar-refractivity contribution in [2.24, 2.45) is 5.92 Å². The van der Waals surface area contributed by atoms with Crippen molar-refractivity contribution in [3.63, 3.8) is 0 Å². The second-order valence-electron chi connectivity index (χ2n) is 5.22. The molecule has 1 fully saturated rings.